The molecular formula is C30H37NO2. The fourth-order valence-corrected chi connectivity index (χ4v) is 6.69. The highest BCUT2D eigenvalue weighted by molar-refractivity contribution is 5.45. The molecule has 0 radical (unpaired) electrons. The number of rotatable bonds is 6. The van der Waals surface area contributed by atoms with Gasteiger partial charge >= 0.3 is 0 Å². The van der Waals surface area contributed by atoms with Gasteiger partial charge in [-0.3, -0.25) is 4.90 Å². The van der Waals surface area contributed by atoms with Gasteiger partial charge in [0.05, 0.1) is 0 Å². The lowest BCUT2D eigenvalue weighted by Crippen LogP contribution is -2.50. The highest BCUT2D eigenvalue weighted by Crippen LogP contribution is 2.54. The van der Waals surface area contributed by atoms with Gasteiger partial charge in [0.1, 0.15) is 18.0 Å². The smallest absolute Gasteiger partial charge is 0.125 e. The minimum absolute atomic E-state index is 0.0602. The maximum atomic E-state index is 11.2. The van der Waals surface area contributed by atoms with Crippen LogP contribution in [0, 0.1) is 17.8 Å². The third kappa shape index (κ3) is 4.70. The number of nitrogens with zero attached hydrogens (tertiary/aromatic N) is 1. The molecule has 33 heavy (non-hydrogen) atoms. The summed E-state index contributed by atoms with van der Waals surface area (Å²) in [5.74, 6) is 7.56. The van der Waals surface area contributed by atoms with Crippen LogP contribution in [0.4, 0.5) is 0 Å². The van der Waals surface area contributed by atoms with E-state index in [1.165, 1.54) is 42.6 Å². The zero-order valence-electron chi connectivity index (χ0n) is 20.0. The first-order chi connectivity index (χ1) is 16.1. The van der Waals surface area contributed by atoms with E-state index in [0.717, 1.165) is 57.4 Å². The van der Waals surface area contributed by atoms with E-state index in [1.54, 1.807) is 0 Å². The molecule has 3 nitrogen and oxygen atoms in total. The molecule has 174 valence electrons. The molecule has 0 spiro atoms. The summed E-state index contributed by atoms with van der Waals surface area (Å²) in [6.45, 7) is 6.05. The number of hydrogen-bond acceptors (Lipinski definition) is 3. The van der Waals surface area contributed by atoms with Crippen molar-refractivity contribution in [3.63, 3.8) is 0 Å². The van der Waals surface area contributed by atoms with Gasteiger partial charge in [-0.05, 0) is 106 Å². The largest absolute Gasteiger partial charge is 0.492 e. The van der Waals surface area contributed by atoms with Crippen LogP contribution in [0.3, 0.4) is 0 Å². The van der Waals surface area contributed by atoms with E-state index in [1.807, 2.05) is 6.92 Å². The first kappa shape index (κ1) is 22.5. The first-order valence-corrected chi connectivity index (χ1v) is 12.8. The van der Waals surface area contributed by atoms with Gasteiger partial charge in [0.2, 0.25) is 0 Å². The molecule has 3 aliphatic rings. The monoisotopic (exact) mass is 443 g/mol. The van der Waals surface area contributed by atoms with Crippen LogP contribution < -0.4 is 4.74 Å². The topological polar surface area (TPSA) is 32.7 Å². The number of hydrogen-bond donors (Lipinski definition) is 1. The Kier molecular flexibility index (Phi) is 6.50. The van der Waals surface area contributed by atoms with E-state index in [-0.39, 0.29) is 5.41 Å². The molecule has 2 aromatic rings. The third-order valence-corrected chi connectivity index (χ3v) is 8.32. The minimum atomic E-state index is -0.838. The van der Waals surface area contributed by atoms with E-state index < -0.39 is 5.60 Å². The molecule has 1 aliphatic heterocycles. The summed E-state index contributed by atoms with van der Waals surface area (Å²) in [4.78, 5) is 2.50. The van der Waals surface area contributed by atoms with Crippen molar-refractivity contribution in [1.29, 1.82) is 0 Å². The van der Waals surface area contributed by atoms with Crippen molar-refractivity contribution >= 4 is 0 Å². The fourth-order valence-electron chi connectivity index (χ4n) is 6.69. The van der Waals surface area contributed by atoms with E-state index in [0.29, 0.717) is 5.92 Å². The Hall–Kier alpha value is -2.28. The number of ether oxygens (including phenoxy) is 1. The second kappa shape index (κ2) is 9.53. The Morgan fingerprint density at radius 2 is 1.91 bits per heavy atom. The van der Waals surface area contributed by atoms with Crippen molar-refractivity contribution in [3.8, 4) is 17.6 Å². The lowest BCUT2D eigenvalue weighted by molar-refractivity contribution is -0.00805. The van der Waals surface area contributed by atoms with Gasteiger partial charge in [-0.1, -0.05) is 42.3 Å². The molecule has 3 heteroatoms. The Bertz CT molecular complexity index is 1020. The van der Waals surface area contributed by atoms with Crippen molar-refractivity contribution in [2.24, 2.45) is 5.92 Å². The maximum Gasteiger partial charge on any atom is 0.125 e. The zero-order valence-corrected chi connectivity index (χ0v) is 20.0. The van der Waals surface area contributed by atoms with Crippen molar-refractivity contribution < 1.29 is 9.84 Å². The van der Waals surface area contributed by atoms with Crippen LogP contribution >= 0.6 is 0 Å². The molecule has 3 unspecified atom stereocenters. The number of aliphatic hydroxyl groups is 1. The number of likely N-dealkylation sites (tertiary alicyclic amines) is 1. The van der Waals surface area contributed by atoms with Crippen LogP contribution in [-0.4, -0.2) is 41.8 Å². The normalized spacial score (nSPS) is 29.0. The van der Waals surface area contributed by atoms with Gasteiger partial charge < -0.3 is 9.84 Å². The Labute approximate surface area is 199 Å². The van der Waals surface area contributed by atoms with Crippen LogP contribution in [0.15, 0.2) is 48.5 Å². The molecule has 2 aliphatic carbocycles. The van der Waals surface area contributed by atoms with Gasteiger partial charge in [0, 0.05) is 12.0 Å². The number of fused-ring (bicyclic) bond motifs is 3. The predicted molar refractivity (Wildman–Crippen MR) is 133 cm³/mol. The van der Waals surface area contributed by atoms with Gasteiger partial charge in [0.15, 0.2) is 0 Å². The summed E-state index contributed by atoms with van der Waals surface area (Å²) in [6.07, 6.45) is 8.31. The lowest BCUT2D eigenvalue weighted by atomic mass is 9.52. The van der Waals surface area contributed by atoms with Gasteiger partial charge in [-0.2, -0.15) is 0 Å². The van der Waals surface area contributed by atoms with Crippen molar-refractivity contribution in [2.45, 2.75) is 69.3 Å². The van der Waals surface area contributed by atoms with Crippen molar-refractivity contribution in [2.75, 3.05) is 26.2 Å². The second-order valence-corrected chi connectivity index (χ2v) is 10.4. The summed E-state index contributed by atoms with van der Waals surface area (Å²) in [5, 5.41) is 11.2. The highest BCUT2D eigenvalue weighted by Gasteiger charge is 2.51. The molecule has 2 aromatic carbocycles. The minimum Gasteiger partial charge on any atom is -0.492 e. The third-order valence-electron chi connectivity index (χ3n) is 8.32. The average Bonchev–Trinajstić information content (AvgIpc) is 3.34. The molecule has 0 amide bonds. The standard InChI is InChI=1S/C30H37NO2/c1-2-14-29(32)15-16-30(22-24-8-4-3-5-9-24)26(23-29)11-10-25-21-27(12-13-28(25)30)33-20-19-31-17-6-7-18-31/h3-5,8-9,12-13,21,26,32H,6-7,10-11,15-20,22-23H2,1H3. The molecule has 2 fully saturated rings. The Morgan fingerprint density at radius 1 is 1.09 bits per heavy atom. The average molecular weight is 444 g/mol. The highest BCUT2D eigenvalue weighted by atomic mass is 16.5. The first-order valence-electron chi connectivity index (χ1n) is 12.8. The predicted octanol–water partition coefficient (Wildman–Crippen LogP) is 5.14. The second-order valence-electron chi connectivity index (χ2n) is 10.4. The van der Waals surface area contributed by atoms with E-state index in [4.69, 9.17) is 4.74 Å². The van der Waals surface area contributed by atoms with Crippen molar-refractivity contribution in [1.82, 2.24) is 4.90 Å². The molecule has 0 bridgehead atoms. The molecule has 0 aromatic heterocycles. The molecule has 1 saturated carbocycles. The molecular weight excluding hydrogens is 406 g/mol. The summed E-state index contributed by atoms with van der Waals surface area (Å²) < 4.78 is 6.19. The summed E-state index contributed by atoms with van der Waals surface area (Å²) in [5.41, 5.74) is 3.52. The zero-order chi connectivity index (χ0) is 22.7. The van der Waals surface area contributed by atoms with E-state index in [9.17, 15) is 5.11 Å². The molecule has 1 saturated heterocycles. The van der Waals surface area contributed by atoms with Gasteiger partial charge in [0.25, 0.3) is 0 Å². The van der Waals surface area contributed by atoms with Crippen LogP contribution in [0.1, 0.15) is 62.1 Å². The van der Waals surface area contributed by atoms with Crippen LogP contribution in [0.5, 0.6) is 5.75 Å². The molecule has 1 heterocycles. The lowest BCUT2D eigenvalue weighted by Gasteiger charge is -2.52. The summed E-state index contributed by atoms with van der Waals surface area (Å²) in [7, 11) is 0. The Morgan fingerprint density at radius 3 is 2.70 bits per heavy atom. The SMILES string of the molecule is CC#CC1(O)CCC2(Cc3ccccc3)c3ccc(OCCN4CCCC4)cc3CCC2C1. The van der Waals surface area contributed by atoms with E-state index >= 15 is 0 Å². The van der Waals surface area contributed by atoms with Crippen LogP contribution in [-0.2, 0) is 18.3 Å². The maximum absolute atomic E-state index is 11.2. The summed E-state index contributed by atoms with van der Waals surface area (Å²) >= 11 is 0. The van der Waals surface area contributed by atoms with Gasteiger partial charge in [-0.25, -0.2) is 0 Å². The van der Waals surface area contributed by atoms with Crippen LogP contribution in [0.2, 0.25) is 0 Å². The number of aryl methyl sites for hydroxylation is 1. The fraction of sp³-hybridized carbons (Fsp3) is 0.533. The quantitative estimate of drug-likeness (QED) is 0.628. The van der Waals surface area contributed by atoms with Gasteiger partial charge in [-0.15, -0.1) is 5.92 Å². The molecule has 1 N–H and O–H groups in total. The Balaban J connectivity index is 1.41. The number of benzene rings is 2. The molecule has 3 atom stereocenters. The van der Waals surface area contributed by atoms with Crippen LogP contribution in [0.25, 0.3) is 0 Å². The molecule has 5 rings (SSSR count). The van der Waals surface area contributed by atoms with E-state index in [2.05, 4.69) is 65.3 Å². The summed E-state index contributed by atoms with van der Waals surface area (Å²) in [6, 6.07) is 17.7. The van der Waals surface area contributed by atoms with Crippen molar-refractivity contribution in [3.05, 3.63) is 65.2 Å².